The molecule has 0 aliphatic rings. The highest BCUT2D eigenvalue weighted by Gasteiger charge is 2.13. The van der Waals surface area contributed by atoms with Crippen LogP contribution in [0.1, 0.15) is 11.1 Å². The number of hydrogen-bond donors (Lipinski definition) is 0. The number of alkyl halides is 1. The van der Waals surface area contributed by atoms with Crippen molar-refractivity contribution in [2.45, 2.75) is 12.8 Å². The Bertz CT molecular complexity index is 562. The van der Waals surface area contributed by atoms with Gasteiger partial charge >= 0.3 is 0 Å². The van der Waals surface area contributed by atoms with Crippen molar-refractivity contribution in [1.82, 2.24) is 4.98 Å². The van der Waals surface area contributed by atoms with E-state index in [1.54, 1.807) is 13.3 Å². The quantitative estimate of drug-likeness (QED) is 0.713. The van der Waals surface area contributed by atoms with E-state index in [1.165, 1.54) is 11.1 Å². The van der Waals surface area contributed by atoms with E-state index in [1.807, 2.05) is 24.4 Å². The lowest BCUT2D eigenvalue weighted by atomic mass is 9.94. The molecule has 0 bridgehead atoms. The largest absolute Gasteiger partial charge is 0.496 e. The highest BCUT2D eigenvalue weighted by molar-refractivity contribution is 9.10. The van der Waals surface area contributed by atoms with Crippen LogP contribution in [0.5, 0.6) is 5.75 Å². The van der Waals surface area contributed by atoms with E-state index in [0.717, 1.165) is 23.1 Å². The molecule has 2 rings (SSSR count). The molecule has 0 saturated heterocycles. The van der Waals surface area contributed by atoms with E-state index >= 15 is 0 Å². The molecule has 1 unspecified atom stereocenters. The number of para-hydroxylation sites is 1. The minimum Gasteiger partial charge on any atom is -0.496 e. The van der Waals surface area contributed by atoms with Crippen LogP contribution in [-0.4, -0.2) is 18.0 Å². The molecule has 2 aromatic rings. The number of hydrogen-bond acceptors (Lipinski definition) is 2. The Balaban J connectivity index is 2.09. The first-order chi connectivity index (χ1) is 9.72. The average Bonchev–Trinajstić information content (AvgIpc) is 2.47. The standard InChI is InChI=1S/C16H17BrClNO/c1-20-16-5-3-2-4-14(16)7-12(9-18)6-13-8-15(17)11-19-10-13/h2-5,8,10-12H,6-7,9H2,1H3. The van der Waals surface area contributed by atoms with Crippen LogP contribution in [-0.2, 0) is 12.8 Å². The summed E-state index contributed by atoms with van der Waals surface area (Å²) >= 11 is 9.58. The molecule has 1 heterocycles. The van der Waals surface area contributed by atoms with Gasteiger partial charge in [-0.05, 0) is 57.9 Å². The van der Waals surface area contributed by atoms with Gasteiger partial charge in [0.05, 0.1) is 7.11 Å². The average molecular weight is 355 g/mol. The van der Waals surface area contributed by atoms with Crippen LogP contribution in [0.3, 0.4) is 0 Å². The summed E-state index contributed by atoms with van der Waals surface area (Å²) in [6, 6.07) is 10.2. The summed E-state index contributed by atoms with van der Waals surface area (Å²) in [5, 5.41) is 0. The SMILES string of the molecule is COc1ccccc1CC(CCl)Cc1cncc(Br)c1. The van der Waals surface area contributed by atoms with Gasteiger partial charge in [-0.25, -0.2) is 0 Å². The maximum absolute atomic E-state index is 6.13. The van der Waals surface area contributed by atoms with Crippen molar-refractivity contribution < 1.29 is 4.74 Å². The molecule has 0 fully saturated rings. The lowest BCUT2D eigenvalue weighted by Gasteiger charge is -2.16. The van der Waals surface area contributed by atoms with Crippen molar-refractivity contribution in [3.63, 3.8) is 0 Å². The first kappa shape index (κ1) is 15.3. The van der Waals surface area contributed by atoms with Crippen molar-refractivity contribution in [3.8, 4) is 5.75 Å². The van der Waals surface area contributed by atoms with Crippen molar-refractivity contribution in [2.24, 2.45) is 5.92 Å². The Morgan fingerprint density at radius 1 is 1.25 bits per heavy atom. The van der Waals surface area contributed by atoms with Gasteiger partial charge in [0.2, 0.25) is 0 Å². The molecule has 20 heavy (non-hydrogen) atoms. The number of halogens is 2. The van der Waals surface area contributed by atoms with Crippen LogP contribution < -0.4 is 4.74 Å². The maximum atomic E-state index is 6.13. The molecule has 1 aromatic carbocycles. The molecule has 106 valence electrons. The third-order valence-electron chi connectivity index (χ3n) is 3.21. The van der Waals surface area contributed by atoms with Crippen LogP contribution >= 0.6 is 27.5 Å². The fourth-order valence-corrected chi connectivity index (χ4v) is 2.90. The summed E-state index contributed by atoms with van der Waals surface area (Å²) in [6.07, 6.45) is 5.50. The van der Waals surface area contributed by atoms with Crippen molar-refractivity contribution in [3.05, 3.63) is 58.3 Å². The Morgan fingerprint density at radius 3 is 2.75 bits per heavy atom. The van der Waals surface area contributed by atoms with Gasteiger partial charge in [0.15, 0.2) is 0 Å². The molecule has 0 saturated carbocycles. The number of nitrogens with zero attached hydrogens (tertiary/aromatic N) is 1. The molecule has 1 aromatic heterocycles. The van der Waals surface area contributed by atoms with E-state index in [2.05, 4.69) is 33.0 Å². The molecule has 0 amide bonds. The second kappa shape index (κ2) is 7.65. The van der Waals surface area contributed by atoms with Crippen molar-refractivity contribution >= 4 is 27.5 Å². The smallest absolute Gasteiger partial charge is 0.122 e. The van der Waals surface area contributed by atoms with Gasteiger partial charge in [-0.1, -0.05) is 18.2 Å². The Labute approximate surface area is 133 Å². The minimum atomic E-state index is 0.365. The van der Waals surface area contributed by atoms with E-state index in [0.29, 0.717) is 11.8 Å². The van der Waals surface area contributed by atoms with Gasteiger partial charge in [-0.15, -0.1) is 11.6 Å². The number of ether oxygens (including phenoxy) is 1. The number of benzene rings is 1. The lowest BCUT2D eigenvalue weighted by Crippen LogP contribution is -2.11. The van der Waals surface area contributed by atoms with Gasteiger partial charge in [0.1, 0.15) is 5.75 Å². The summed E-state index contributed by atoms with van der Waals surface area (Å²) in [5.41, 5.74) is 2.39. The predicted octanol–water partition coefficient (Wildman–Crippen LogP) is 4.49. The molecule has 4 heteroatoms. The van der Waals surface area contributed by atoms with E-state index in [-0.39, 0.29) is 0 Å². The zero-order valence-corrected chi connectivity index (χ0v) is 13.7. The number of aromatic nitrogens is 1. The third kappa shape index (κ3) is 4.22. The molecule has 0 aliphatic carbocycles. The topological polar surface area (TPSA) is 22.1 Å². The number of pyridine rings is 1. The monoisotopic (exact) mass is 353 g/mol. The van der Waals surface area contributed by atoms with Gasteiger partial charge < -0.3 is 4.74 Å². The maximum Gasteiger partial charge on any atom is 0.122 e. The number of methoxy groups -OCH3 is 1. The second-order valence-corrected chi connectivity index (χ2v) is 5.98. The summed E-state index contributed by atoms with van der Waals surface area (Å²) in [5.74, 6) is 1.91. The fourth-order valence-electron chi connectivity index (χ4n) is 2.26. The summed E-state index contributed by atoms with van der Waals surface area (Å²) in [4.78, 5) is 4.20. The third-order valence-corrected chi connectivity index (χ3v) is 4.08. The zero-order valence-electron chi connectivity index (χ0n) is 11.4. The molecular weight excluding hydrogens is 338 g/mol. The molecule has 0 spiro atoms. The van der Waals surface area contributed by atoms with E-state index in [9.17, 15) is 0 Å². The Hall–Kier alpha value is -1.06. The fraction of sp³-hybridized carbons (Fsp3) is 0.312. The van der Waals surface area contributed by atoms with Crippen LogP contribution in [0.25, 0.3) is 0 Å². The van der Waals surface area contributed by atoms with Crippen LogP contribution in [0.2, 0.25) is 0 Å². The molecule has 0 radical (unpaired) electrons. The normalized spacial score (nSPS) is 12.2. The first-order valence-corrected chi connectivity index (χ1v) is 7.83. The van der Waals surface area contributed by atoms with Gasteiger partial charge in [-0.3, -0.25) is 4.98 Å². The summed E-state index contributed by atoms with van der Waals surface area (Å²) in [7, 11) is 1.70. The van der Waals surface area contributed by atoms with Crippen molar-refractivity contribution in [2.75, 3.05) is 13.0 Å². The summed E-state index contributed by atoms with van der Waals surface area (Å²) in [6.45, 7) is 0. The molecule has 2 nitrogen and oxygen atoms in total. The highest BCUT2D eigenvalue weighted by atomic mass is 79.9. The second-order valence-electron chi connectivity index (χ2n) is 4.75. The molecular formula is C16H17BrClNO. The van der Waals surface area contributed by atoms with E-state index < -0.39 is 0 Å². The van der Waals surface area contributed by atoms with Crippen molar-refractivity contribution in [1.29, 1.82) is 0 Å². The van der Waals surface area contributed by atoms with Gasteiger partial charge in [0.25, 0.3) is 0 Å². The van der Waals surface area contributed by atoms with Crippen LogP contribution in [0, 0.1) is 5.92 Å². The van der Waals surface area contributed by atoms with Crippen LogP contribution in [0.15, 0.2) is 47.2 Å². The lowest BCUT2D eigenvalue weighted by molar-refractivity contribution is 0.405. The highest BCUT2D eigenvalue weighted by Crippen LogP contribution is 2.24. The van der Waals surface area contributed by atoms with Gasteiger partial charge in [-0.2, -0.15) is 0 Å². The Morgan fingerprint density at radius 2 is 2.05 bits per heavy atom. The minimum absolute atomic E-state index is 0.365. The van der Waals surface area contributed by atoms with E-state index in [4.69, 9.17) is 16.3 Å². The van der Waals surface area contributed by atoms with Gasteiger partial charge in [0, 0.05) is 22.7 Å². The number of rotatable bonds is 6. The predicted molar refractivity (Wildman–Crippen MR) is 86.5 cm³/mol. The molecule has 0 N–H and O–H groups in total. The van der Waals surface area contributed by atoms with Crippen LogP contribution in [0.4, 0.5) is 0 Å². The zero-order chi connectivity index (χ0) is 14.4. The molecule has 1 atom stereocenters. The summed E-state index contributed by atoms with van der Waals surface area (Å²) < 4.78 is 6.40. The Kier molecular flexibility index (Phi) is 5.86. The first-order valence-electron chi connectivity index (χ1n) is 6.50. The molecule has 0 aliphatic heterocycles.